The summed E-state index contributed by atoms with van der Waals surface area (Å²) in [5.74, 6) is -0.234. The molecule has 0 unspecified atom stereocenters. The highest BCUT2D eigenvalue weighted by Crippen LogP contribution is 2.22. The van der Waals surface area contributed by atoms with Crippen LogP contribution in [0.4, 0.5) is 15.6 Å². The Balaban J connectivity index is 1.63. The minimum atomic E-state index is -0.513. The smallest absolute Gasteiger partial charge is 0.312 e. The molecule has 2 N–H and O–H groups in total. The summed E-state index contributed by atoms with van der Waals surface area (Å²) in [7, 11) is 0. The molecule has 9 heteroatoms. The second kappa shape index (κ2) is 7.79. The van der Waals surface area contributed by atoms with Gasteiger partial charge in [-0.15, -0.1) is 10.2 Å². The molecule has 2 heterocycles. The fourth-order valence-corrected chi connectivity index (χ4v) is 3.45. The van der Waals surface area contributed by atoms with Crippen LogP contribution >= 0.6 is 22.9 Å². The van der Waals surface area contributed by atoms with E-state index in [-0.39, 0.29) is 11.9 Å². The molecule has 1 atom stereocenters. The van der Waals surface area contributed by atoms with Gasteiger partial charge in [-0.3, -0.25) is 10.1 Å². The summed E-state index contributed by atoms with van der Waals surface area (Å²) >= 11 is 7.19. The van der Waals surface area contributed by atoms with Crippen molar-refractivity contribution in [1.82, 2.24) is 15.1 Å². The molecule has 1 fully saturated rings. The summed E-state index contributed by atoms with van der Waals surface area (Å²) in [6.07, 6.45) is 2.17. The van der Waals surface area contributed by atoms with Gasteiger partial charge in [0.25, 0.3) is 0 Å². The van der Waals surface area contributed by atoms with Gasteiger partial charge in [-0.25, -0.2) is 4.79 Å². The van der Waals surface area contributed by atoms with Crippen LogP contribution < -0.4 is 10.6 Å². The van der Waals surface area contributed by atoms with Crippen molar-refractivity contribution in [2.75, 3.05) is 17.2 Å². The van der Waals surface area contributed by atoms with E-state index in [1.807, 2.05) is 6.92 Å². The van der Waals surface area contributed by atoms with Crippen LogP contribution in [0.1, 0.15) is 24.8 Å². The number of carbonyl (C=O) groups excluding carboxylic acids is 2. The minimum absolute atomic E-state index is 0.234. The monoisotopic (exact) mass is 379 g/mol. The first-order valence-electron chi connectivity index (χ1n) is 8.03. The SMILES string of the molecule is CCc1nnc(NC(=O)[C@H]2CCCN2C(=O)Nc2ccc(Cl)cc2)s1. The van der Waals surface area contributed by atoms with Gasteiger partial charge in [0, 0.05) is 17.3 Å². The number of aryl methyl sites for hydroxylation is 1. The van der Waals surface area contributed by atoms with E-state index < -0.39 is 6.04 Å². The van der Waals surface area contributed by atoms with Crippen molar-refractivity contribution in [2.24, 2.45) is 0 Å². The van der Waals surface area contributed by atoms with Crippen LogP contribution in [0.2, 0.25) is 5.02 Å². The van der Waals surface area contributed by atoms with Crippen LogP contribution in [0.25, 0.3) is 0 Å². The van der Waals surface area contributed by atoms with Crippen LogP contribution in [-0.2, 0) is 11.2 Å². The van der Waals surface area contributed by atoms with Gasteiger partial charge in [0.05, 0.1) is 0 Å². The van der Waals surface area contributed by atoms with Gasteiger partial charge >= 0.3 is 6.03 Å². The number of nitrogens with zero attached hydrogens (tertiary/aromatic N) is 3. The zero-order valence-corrected chi connectivity index (χ0v) is 15.2. The quantitative estimate of drug-likeness (QED) is 0.852. The molecular weight excluding hydrogens is 362 g/mol. The molecule has 7 nitrogen and oxygen atoms in total. The van der Waals surface area contributed by atoms with Crippen molar-refractivity contribution >= 4 is 45.7 Å². The molecule has 1 aliphatic heterocycles. The number of nitrogens with one attached hydrogen (secondary N) is 2. The Hall–Kier alpha value is -2.19. The fourth-order valence-electron chi connectivity index (χ4n) is 2.65. The maximum Gasteiger partial charge on any atom is 0.322 e. The van der Waals surface area contributed by atoms with E-state index >= 15 is 0 Å². The van der Waals surface area contributed by atoms with E-state index in [9.17, 15) is 9.59 Å². The Morgan fingerprint density at radius 1 is 1.28 bits per heavy atom. The van der Waals surface area contributed by atoms with Crippen molar-refractivity contribution in [3.63, 3.8) is 0 Å². The lowest BCUT2D eigenvalue weighted by Crippen LogP contribution is -2.45. The minimum Gasteiger partial charge on any atom is -0.312 e. The first-order chi connectivity index (χ1) is 12.1. The number of halogens is 1. The molecule has 2 aromatic rings. The van der Waals surface area contributed by atoms with E-state index in [4.69, 9.17) is 11.6 Å². The Bertz CT molecular complexity index is 764. The number of hydrogen-bond acceptors (Lipinski definition) is 5. The molecule has 132 valence electrons. The van der Waals surface area contributed by atoms with E-state index in [0.717, 1.165) is 17.8 Å². The maximum atomic E-state index is 12.5. The number of urea groups is 1. The third-order valence-corrected chi connectivity index (χ3v) is 5.15. The number of anilines is 2. The first-order valence-corrected chi connectivity index (χ1v) is 9.22. The number of aromatic nitrogens is 2. The van der Waals surface area contributed by atoms with Crippen molar-refractivity contribution in [1.29, 1.82) is 0 Å². The molecule has 0 saturated carbocycles. The number of amides is 3. The Kier molecular flexibility index (Phi) is 5.50. The highest BCUT2D eigenvalue weighted by atomic mass is 35.5. The number of hydrogen-bond donors (Lipinski definition) is 2. The standard InChI is InChI=1S/C16H18ClN5O2S/c1-2-13-20-21-15(25-13)19-14(23)12-4-3-9-22(12)16(24)18-11-7-5-10(17)6-8-11/h5-8,12H,2-4,9H2,1H3,(H,18,24)(H,19,21,23)/t12-/m1/s1. The Morgan fingerprint density at radius 2 is 2.04 bits per heavy atom. The predicted molar refractivity (Wildman–Crippen MR) is 98.1 cm³/mol. The summed E-state index contributed by atoms with van der Waals surface area (Å²) < 4.78 is 0. The summed E-state index contributed by atoms with van der Waals surface area (Å²) in [5, 5.41) is 15.4. The second-order valence-electron chi connectivity index (χ2n) is 5.63. The average Bonchev–Trinajstić information content (AvgIpc) is 3.25. The highest BCUT2D eigenvalue weighted by molar-refractivity contribution is 7.15. The molecular formula is C16H18ClN5O2S. The van der Waals surface area contributed by atoms with E-state index in [1.165, 1.54) is 11.3 Å². The zero-order chi connectivity index (χ0) is 17.8. The third kappa shape index (κ3) is 4.26. The van der Waals surface area contributed by atoms with Crippen molar-refractivity contribution in [3.05, 3.63) is 34.3 Å². The third-order valence-electron chi connectivity index (χ3n) is 3.91. The lowest BCUT2D eigenvalue weighted by molar-refractivity contribution is -0.119. The van der Waals surface area contributed by atoms with Crippen LogP contribution in [0, 0.1) is 0 Å². The lowest BCUT2D eigenvalue weighted by Gasteiger charge is -2.23. The lowest BCUT2D eigenvalue weighted by atomic mass is 10.2. The van der Waals surface area contributed by atoms with Gasteiger partial charge in [0.2, 0.25) is 11.0 Å². The van der Waals surface area contributed by atoms with Gasteiger partial charge in [-0.2, -0.15) is 0 Å². The predicted octanol–water partition coefficient (Wildman–Crippen LogP) is 3.39. The molecule has 1 aliphatic rings. The van der Waals surface area contributed by atoms with Gasteiger partial charge < -0.3 is 10.2 Å². The molecule has 1 aromatic heterocycles. The van der Waals surface area contributed by atoms with Crippen LogP contribution in [-0.4, -0.2) is 39.6 Å². The topological polar surface area (TPSA) is 87.2 Å². The van der Waals surface area contributed by atoms with Gasteiger partial charge in [-0.1, -0.05) is 29.9 Å². The van der Waals surface area contributed by atoms with Gasteiger partial charge in [-0.05, 0) is 43.5 Å². The summed E-state index contributed by atoms with van der Waals surface area (Å²) in [6.45, 7) is 2.51. The maximum absolute atomic E-state index is 12.5. The summed E-state index contributed by atoms with van der Waals surface area (Å²) in [5.41, 5.74) is 0.636. The van der Waals surface area contributed by atoms with E-state index in [2.05, 4.69) is 20.8 Å². The van der Waals surface area contributed by atoms with E-state index in [0.29, 0.717) is 28.8 Å². The highest BCUT2D eigenvalue weighted by Gasteiger charge is 2.34. The molecule has 1 saturated heterocycles. The number of likely N-dealkylation sites (tertiary alicyclic amines) is 1. The molecule has 0 aliphatic carbocycles. The zero-order valence-electron chi connectivity index (χ0n) is 13.7. The van der Waals surface area contributed by atoms with Crippen molar-refractivity contribution in [3.8, 4) is 0 Å². The molecule has 25 heavy (non-hydrogen) atoms. The molecule has 1 aromatic carbocycles. The summed E-state index contributed by atoms with van der Waals surface area (Å²) in [6, 6.07) is 6.03. The van der Waals surface area contributed by atoms with Crippen molar-refractivity contribution < 1.29 is 9.59 Å². The Morgan fingerprint density at radius 3 is 2.72 bits per heavy atom. The second-order valence-corrected chi connectivity index (χ2v) is 7.13. The summed E-state index contributed by atoms with van der Waals surface area (Å²) in [4.78, 5) is 26.6. The number of benzene rings is 1. The molecule has 3 amide bonds. The number of carbonyl (C=O) groups is 2. The normalized spacial score (nSPS) is 16.7. The van der Waals surface area contributed by atoms with Gasteiger partial charge in [0.1, 0.15) is 11.0 Å². The number of rotatable bonds is 4. The van der Waals surface area contributed by atoms with Gasteiger partial charge in [0.15, 0.2) is 0 Å². The average molecular weight is 380 g/mol. The molecule has 3 rings (SSSR count). The van der Waals surface area contributed by atoms with Crippen LogP contribution in [0.3, 0.4) is 0 Å². The Labute approximate surface area is 154 Å². The fraction of sp³-hybridized carbons (Fsp3) is 0.375. The molecule has 0 bridgehead atoms. The molecule has 0 spiro atoms. The van der Waals surface area contributed by atoms with E-state index in [1.54, 1.807) is 29.2 Å². The van der Waals surface area contributed by atoms with Crippen LogP contribution in [0.15, 0.2) is 24.3 Å². The van der Waals surface area contributed by atoms with Crippen molar-refractivity contribution in [2.45, 2.75) is 32.2 Å². The molecule has 0 radical (unpaired) electrons. The van der Waals surface area contributed by atoms with Crippen LogP contribution in [0.5, 0.6) is 0 Å². The first kappa shape index (κ1) is 17.6. The largest absolute Gasteiger partial charge is 0.322 e.